The third kappa shape index (κ3) is 7.99. The fourth-order valence-electron chi connectivity index (χ4n) is 5.42. The molecule has 0 spiro atoms. The molecule has 1 aliphatic rings. The van der Waals surface area contributed by atoms with Crippen molar-refractivity contribution in [2.45, 2.75) is 71.8 Å². The number of terminal acetylenes is 1. The molecule has 0 amide bonds. The van der Waals surface area contributed by atoms with E-state index in [1.54, 1.807) is 25.1 Å². The Hall–Kier alpha value is -4.24. The van der Waals surface area contributed by atoms with Gasteiger partial charge in [-0.3, -0.25) is 5.41 Å². The number of hydrogen-bond acceptors (Lipinski definition) is 4. The highest BCUT2D eigenvalue weighted by Gasteiger charge is 2.25. The van der Waals surface area contributed by atoms with Crippen LogP contribution >= 0.6 is 0 Å². The largest absolute Gasteiger partial charge is 0.490 e. The molecule has 2 heterocycles. The minimum Gasteiger partial charge on any atom is -0.490 e. The van der Waals surface area contributed by atoms with Crippen molar-refractivity contribution in [3.8, 4) is 18.1 Å². The lowest BCUT2D eigenvalue weighted by Gasteiger charge is -2.34. The summed E-state index contributed by atoms with van der Waals surface area (Å²) in [6, 6.07) is 23.1. The van der Waals surface area contributed by atoms with Gasteiger partial charge in [0.1, 0.15) is 30.0 Å². The zero-order valence-corrected chi connectivity index (χ0v) is 25.5. The minimum atomic E-state index is -1.07. The second-order valence-electron chi connectivity index (χ2n) is 11.1. The summed E-state index contributed by atoms with van der Waals surface area (Å²) in [4.78, 5) is 7.22. The monoisotopic (exact) mass is 581 g/mol. The molecule has 1 aliphatic heterocycles. The molecule has 2 unspecified atom stereocenters. The van der Waals surface area contributed by atoms with Crippen molar-refractivity contribution in [3.63, 3.8) is 0 Å². The van der Waals surface area contributed by atoms with E-state index in [2.05, 4.69) is 23.3 Å². The molecule has 3 aromatic carbocycles. The number of benzene rings is 3. The first-order valence-corrected chi connectivity index (χ1v) is 15.0. The first-order valence-electron chi connectivity index (χ1n) is 15.0. The summed E-state index contributed by atoms with van der Waals surface area (Å²) >= 11 is 0. The van der Waals surface area contributed by atoms with E-state index in [1.165, 1.54) is 6.92 Å². The number of piperidine rings is 1. The number of pyridine rings is 1. The number of nitrogens with one attached hydrogen (secondary N) is 1. The lowest BCUT2D eigenvalue weighted by Crippen LogP contribution is -2.39. The van der Waals surface area contributed by atoms with Gasteiger partial charge in [0.25, 0.3) is 0 Å². The summed E-state index contributed by atoms with van der Waals surface area (Å²) in [6.45, 7) is 8.59. The Balaban J connectivity index is 0.00000135. The fraction of sp³-hybridized carbons (Fsp3) is 0.351. The highest BCUT2D eigenvalue weighted by atomic mass is 19.1. The predicted molar refractivity (Wildman–Crippen MR) is 174 cm³/mol. The Morgan fingerprint density at radius 1 is 1.07 bits per heavy atom. The number of aryl methyl sites for hydroxylation is 1. The van der Waals surface area contributed by atoms with Crippen molar-refractivity contribution in [1.82, 2.24) is 4.98 Å². The SMILES string of the molecule is C#CC.CCC(F)Cc1cc2ccccc2nc1N1CCC(Oc2ccc(C(=N)c3cccc(C(C)F)c3)c(C)c2)CC1. The van der Waals surface area contributed by atoms with Gasteiger partial charge in [0, 0.05) is 48.9 Å². The van der Waals surface area contributed by atoms with Crippen molar-refractivity contribution >= 4 is 22.4 Å². The number of ether oxygens (including phenoxy) is 1. The highest BCUT2D eigenvalue weighted by molar-refractivity contribution is 6.11. The molecule has 0 radical (unpaired) electrons. The lowest BCUT2D eigenvalue weighted by molar-refractivity contribution is 0.170. The zero-order valence-electron chi connectivity index (χ0n) is 25.5. The molecular formula is C37H41F2N3O. The van der Waals surface area contributed by atoms with Gasteiger partial charge in [-0.2, -0.15) is 0 Å². The van der Waals surface area contributed by atoms with Crippen molar-refractivity contribution in [2.24, 2.45) is 0 Å². The number of hydrogen-bond donors (Lipinski definition) is 1. The quantitative estimate of drug-likeness (QED) is 0.159. The molecule has 4 aromatic rings. The number of fused-ring (bicyclic) bond motifs is 1. The van der Waals surface area contributed by atoms with E-state index in [4.69, 9.17) is 15.1 Å². The maximum absolute atomic E-state index is 14.4. The van der Waals surface area contributed by atoms with Gasteiger partial charge in [-0.1, -0.05) is 43.3 Å². The Morgan fingerprint density at radius 2 is 1.79 bits per heavy atom. The maximum atomic E-state index is 14.4. The first-order chi connectivity index (χ1) is 20.7. The van der Waals surface area contributed by atoms with Crippen LogP contribution in [0.2, 0.25) is 0 Å². The Morgan fingerprint density at radius 3 is 2.47 bits per heavy atom. The summed E-state index contributed by atoms with van der Waals surface area (Å²) in [5, 5.41) is 9.74. The van der Waals surface area contributed by atoms with Gasteiger partial charge >= 0.3 is 0 Å². The molecule has 0 aliphatic carbocycles. The number of halogens is 2. The molecule has 4 nitrogen and oxygen atoms in total. The van der Waals surface area contributed by atoms with E-state index in [1.807, 2.05) is 62.4 Å². The summed E-state index contributed by atoms with van der Waals surface area (Å²) in [7, 11) is 0. The van der Waals surface area contributed by atoms with Crippen LogP contribution in [0.5, 0.6) is 5.75 Å². The summed E-state index contributed by atoms with van der Waals surface area (Å²) in [5.74, 6) is 3.92. The number of alkyl halides is 2. The minimum absolute atomic E-state index is 0.0668. The van der Waals surface area contributed by atoms with E-state index in [0.29, 0.717) is 29.7 Å². The van der Waals surface area contributed by atoms with E-state index in [-0.39, 0.29) is 6.10 Å². The zero-order chi connectivity index (χ0) is 30.9. The predicted octanol–water partition coefficient (Wildman–Crippen LogP) is 8.97. The fourth-order valence-corrected chi connectivity index (χ4v) is 5.42. The molecule has 1 fully saturated rings. The van der Waals surface area contributed by atoms with Crippen LogP contribution in [0.1, 0.15) is 74.0 Å². The van der Waals surface area contributed by atoms with Gasteiger partial charge in [0.2, 0.25) is 0 Å². The lowest BCUT2D eigenvalue weighted by atomic mass is 9.96. The number of nitrogens with zero attached hydrogens (tertiary/aromatic N) is 2. The number of aromatic nitrogens is 1. The molecule has 0 saturated carbocycles. The van der Waals surface area contributed by atoms with Crippen LogP contribution in [0.25, 0.3) is 10.9 Å². The second-order valence-corrected chi connectivity index (χ2v) is 11.1. The van der Waals surface area contributed by atoms with Gasteiger partial charge in [0.05, 0.1) is 11.2 Å². The average molecular weight is 582 g/mol. The van der Waals surface area contributed by atoms with E-state index < -0.39 is 12.3 Å². The maximum Gasteiger partial charge on any atom is 0.132 e. The average Bonchev–Trinajstić information content (AvgIpc) is 3.01. The van der Waals surface area contributed by atoms with E-state index in [0.717, 1.165) is 65.1 Å². The number of rotatable bonds is 9. The molecular weight excluding hydrogens is 540 g/mol. The topological polar surface area (TPSA) is 49.2 Å². The molecule has 1 N–H and O–H groups in total. The summed E-state index contributed by atoms with van der Waals surface area (Å²) in [5.41, 5.74) is 5.29. The standard InChI is InChI=1S/C34H37F2N3O.C3H4/c1-4-28(36)21-27-20-25-8-5-6-11-32(25)38-34(27)39-16-14-29(15-17-39)40-30-12-13-31(22(2)18-30)33(37)26-10-7-9-24(19-26)23(3)35;1-3-2/h5-13,18-20,23,28-29,37H,4,14-17,21H2,1-3H3;1H,2H3. The molecule has 6 heteroatoms. The van der Waals surface area contributed by atoms with Crippen molar-refractivity contribution in [3.05, 3.63) is 101 Å². The van der Waals surface area contributed by atoms with Crippen LogP contribution in [0.4, 0.5) is 14.6 Å². The number of para-hydroxylation sites is 1. The molecule has 224 valence electrons. The highest BCUT2D eigenvalue weighted by Crippen LogP contribution is 2.30. The van der Waals surface area contributed by atoms with Gasteiger partial charge in [0.15, 0.2) is 0 Å². The summed E-state index contributed by atoms with van der Waals surface area (Å²) in [6.07, 6.45) is 5.25. The smallest absolute Gasteiger partial charge is 0.132 e. The van der Waals surface area contributed by atoms with Gasteiger partial charge < -0.3 is 9.64 Å². The molecule has 5 rings (SSSR count). The van der Waals surface area contributed by atoms with Crippen LogP contribution in [-0.2, 0) is 6.42 Å². The van der Waals surface area contributed by atoms with Crippen molar-refractivity contribution < 1.29 is 13.5 Å². The van der Waals surface area contributed by atoms with Crippen LogP contribution in [0, 0.1) is 24.7 Å². The third-order valence-corrected chi connectivity index (χ3v) is 7.81. The van der Waals surface area contributed by atoms with Crippen LogP contribution in [-0.4, -0.2) is 36.1 Å². The Bertz CT molecular complexity index is 1580. The van der Waals surface area contributed by atoms with Crippen LogP contribution < -0.4 is 9.64 Å². The summed E-state index contributed by atoms with van der Waals surface area (Å²) < 4.78 is 34.6. The Labute approximate surface area is 254 Å². The van der Waals surface area contributed by atoms with Crippen LogP contribution in [0.3, 0.4) is 0 Å². The van der Waals surface area contributed by atoms with E-state index >= 15 is 0 Å². The molecule has 0 bridgehead atoms. The van der Waals surface area contributed by atoms with Gasteiger partial charge in [-0.25, -0.2) is 13.8 Å². The van der Waals surface area contributed by atoms with Crippen molar-refractivity contribution in [1.29, 1.82) is 5.41 Å². The molecule has 1 saturated heterocycles. The first kappa shape index (κ1) is 31.7. The third-order valence-electron chi connectivity index (χ3n) is 7.81. The Kier molecular flexibility index (Phi) is 10.9. The number of anilines is 1. The molecule has 1 aromatic heterocycles. The van der Waals surface area contributed by atoms with E-state index in [9.17, 15) is 8.78 Å². The second kappa shape index (κ2) is 14.8. The van der Waals surface area contributed by atoms with Gasteiger partial charge in [-0.05, 0) is 80.3 Å². The molecule has 43 heavy (non-hydrogen) atoms. The normalized spacial score (nSPS) is 14.8. The molecule has 2 atom stereocenters. The van der Waals surface area contributed by atoms with Crippen LogP contribution in [0.15, 0.2) is 72.8 Å². The van der Waals surface area contributed by atoms with Crippen molar-refractivity contribution in [2.75, 3.05) is 18.0 Å². The van der Waals surface area contributed by atoms with Gasteiger partial charge in [-0.15, -0.1) is 12.3 Å².